The van der Waals surface area contributed by atoms with Crippen LogP contribution < -0.4 is 0 Å². The molecule has 0 radical (unpaired) electrons. The number of ether oxygens (including phenoxy) is 1. The van der Waals surface area contributed by atoms with Gasteiger partial charge in [0.2, 0.25) is 0 Å². The summed E-state index contributed by atoms with van der Waals surface area (Å²) in [6.07, 6.45) is 18.6. The monoisotopic (exact) mass is 572 g/mol. The molecule has 2 unspecified atom stereocenters. The van der Waals surface area contributed by atoms with Crippen LogP contribution in [0, 0.1) is 34.5 Å². The summed E-state index contributed by atoms with van der Waals surface area (Å²) in [6.45, 7) is 6.74. The molecule has 4 aliphatic rings. The number of fused-ring (bicyclic) bond motifs is 5. The van der Waals surface area contributed by atoms with Gasteiger partial charge in [0.1, 0.15) is 0 Å². The zero-order valence-electron chi connectivity index (χ0n) is 26.0. The van der Waals surface area contributed by atoms with Crippen molar-refractivity contribution >= 4 is 17.7 Å². The van der Waals surface area contributed by atoms with Crippen molar-refractivity contribution in [2.45, 2.75) is 155 Å². The zero-order chi connectivity index (χ0) is 29.6. The first-order valence-electron chi connectivity index (χ1n) is 17.0. The van der Waals surface area contributed by atoms with Crippen molar-refractivity contribution in [3.63, 3.8) is 0 Å². The van der Waals surface area contributed by atoms with Crippen molar-refractivity contribution < 1.29 is 29.3 Å². The van der Waals surface area contributed by atoms with E-state index in [0.717, 1.165) is 57.8 Å². The van der Waals surface area contributed by atoms with Gasteiger partial charge in [-0.1, -0.05) is 84.1 Å². The Labute approximate surface area is 248 Å². The number of hydrogen-bond donors (Lipinski definition) is 2. The van der Waals surface area contributed by atoms with Crippen LogP contribution in [0.1, 0.15) is 143 Å². The highest BCUT2D eigenvalue weighted by Gasteiger charge is 2.61. The average molecular weight is 573 g/mol. The number of aliphatic hydroxyl groups excluding tert-OH is 1. The SMILES string of the molecule is CCCCCCCCCCCCC(=O)OC(CC1CC(=O)C=C2CC[C@H]3[C@@H]4CC[C@H](O)[C@@]4(C)CC[C@@H]3[C@]21C)C(=O)O. The van der Waals surface area contributed by atoms with E-state index in [9.17, 15) is 24.6 Å². The Bertz CT molecular complexity index is 956. The molecule has 6 nitrogen and oxygen atoms in total. The van der Waals surface area contributed by atoms with Gasteiger partial charge in [-0.15, -0.1) is 0 Å². The molecule has 0 aromatic heterocycles. The number of rotatable bonds is 15. The molecule has 0 saturated heterocycles. The summed E-state index contributed by atoms with van der Waals surface area (Å²) in [5.74, 6) is -0.330. The summed E-state index contributed by atoms with van der Waals surface area (Å²) < 4.78 is 5.59. The number of allylic oxidation sites excluding steroid dienone is 1. The molecule has 41 heavy (non-hydrogen) atoms. The first-order chi connectivity index (χ1) is 19.6. The van der Waals surface area contributed by atoms with Crippen LogP contribution in [0.4, 0.5) is 0 Å². The Balaban J connectivity index is 1.33. The van der Waals surface area contributed by atoms with Crippen molar-refractivity contribution in [3.8, 4) is 0 Å². The van der Waals surface area contributed by atoms with Gasteiger partial charge in [-0.05, 0) is 91.9 Å². The molecule has 0 aliphatic heterocycles. The second-order valence-electron chi connectivity index (χ2n) is 14.4. The summed E-state index contributed by atoms with van der Waals surface area (Å²) in [7, 11) is 0. The first-order valence-corrected chi connectivity index (χ1v) is 17.0. The second-order valence-corrected chi connectivity index (χ2v) is 14.4. The third-order valence-corrected chi connectivity index (χ3v) is 12.0. The zero-order valence-corrected chi connectivity index (χ0v) is 26.0. The average Bonchev–Trinajstić information content (AvgIpc) is 3.24. The molecule has 0 amide bonds. The molecule has 4 rings (SSSR count). The van der Waals surface area contributed by atoms with Gasteiger partial charge in [0.25, 0.3) is 0 Å². The fourth-order valence-electron chi connectivity index (χ4n) is 9.50. The molecule has 3 saturated carbocycles. The van der Waals surface area contributed by atoms with E-state index in [0.29, 0.717) is 24.2 Å². The number of carbonyl (C=O) groups is 3. The van der Waals surface area contributed by atoms with Gasteiger partial charge in [0.15, 0.2) is 11.9 Å². The Morgan fingerprint density at radius 3 is 2.27 bits per heavy atom. The summed E-state index contributed by atoms with van der Waals surface area (Å²) in [4.78, 5) is 37.8. The number of hydrogen-bond acceptors (Lipinski definition) is 5. The predicted octanol–water partition coefficient (Wildman–Crippen LogP) is 7.80. The van der Waals surface area contributed by atoms with Crippen molar-refractivity contribution in [1.82, 2.24) is 0 Å². The molecule has 0 bridgehead atoms. The first kappa shape index (κ1) is 32.2. The molecular weight excluding hydrogens is 516 g/mol. The van der Waals surface area contributed by atoms with E-state index in [4.69, 9.17) is 4.74 Å². The number of aliphatic carboxylic acids is 1. The Morgan fingerprint density at radius 1 is 0.951 bits per heavy atom. The van der Waals surface area contributed by atoms with E-state index in [1.807, 2.05) is 6.08 Å². The van der Waals surface area contributed by atoms with Crippen LogP contribution in [-0.4, -0.2) is 40.1 Å². The molecule has 6 heteroatoms. The number of esters is 1. The van der Waals surface area contributed by atoms with E-state index >= 15 is 0 Å². The smallest absolute Gasteiger partial charge is 0.345 e. The summed E-state index contributed by atoms with van der Waals surface area (Å²) in [5, 5.41) is 20.9. The third-order valence-electron chi connectivity index (χ3n) is 12.0. The largest absolute Gasteiger partial charge is 0.479 e. The van der Waals surface area contributed by atoms with Crippen LogP contribution >= 0.6 is 0 Å². The van der Waals surface area contributed by atoms with Gasteiger partial charge in [-0.2, -0.15) is 0 Å². The Morgan fingerprint density at radius 2 is 1.61 bits per heavy atom. The Kier molecular flexibility index (Phi) is 11.2. The molecule has 0 aromatic rings. The van der Waals surface area contributed by atoms with Gasteiger partial charge in [-0.25, -0.2) is 4.79 Å². The highest BCUT2D eigenvalue weighted by Crippen LogP contribution is 2.66. The summed E-state index contributed by atoms with van der Waals surface area (Å²) >= 11 is 0. The fourth-order valence-corrected chi connectivity index (χ4v) is 9.50. The van der Waals surface area contributed by atoms with E-state index in [1.54, 1.807) is 0 Å². The fraction of sp³-hybridized carbons (Fsp3) is 0.857. The summed E-state index contributed by atoms with van der Waals surface area (Å²) in [5.41, 5.74) is 0.859. The van der Waals surface area contributed by atoms with E-state index in [-0.39, 0.29) is 41.5 Å². The molecule has 0 heterocycles. The van der Waals surface area contributed by atoms with Gasteiger partial charge >= 0.3 is 11.9 Å². The van der Waals surface area contributed by atoms with Crippen LogP contribution in [0.3, 0.4) is 0 Å². The lowest BCUT2D eigenvalue weighted by Gasteiger charge is -2.60. The molecule has 232 valence electrons. The lowest BCUT2D eigenvalue weighted by atomic mass is 9.44. The lowest BCUT2D eigenvalue weighted by molar-refractivity contribution is -0.167. The van der Waals surface area contributed by atoms with Crippen molar-refractivity contribution in [1.29, 1.82) is 0 Å². The molecule has 0 spiro atoms. The highest BCUT2D eigenvalue weighted by atomic mass is 16.6. The molecular formula is C35H56O6. The van der Waals surface area contributed by atoms with Gasteiger partial charge in [0, 0.05) is 12.8 Å². The maximum Gasteiger partial charge on any atom is 0.345 e. The molecule has 0 aromatic carbocycles. The van der Waals surface area contributed by atoms with Crippen molar-refractivity contribution in [2.24, 2.45) is 34.5 Å². The molecule has 2 N–H and O–H groups in total. The molecule has 8 atom stereocenters. The number of ketones is 1. The maximum atomic E-state index is 12.8. The van der Waals surface area contributed by atoms with Gasteiger partial charge < -0.3 is 14.9 Å². The van der Waals surface area contributed by atoms with E-state index < -0.39 is 18.0 Å². The summed E-state index contributed by atoms with van der Waals surface area (Å²) in [6, 6.07) is 0. The minimum atomic E-state index is -1.22. The second kappa shape index (κ2) is 14.2. The Hall–Kier alpha value is -1.69. The van der Waals surface area contributed by atoms with Gasteiger partial charge in [0.05, 0.1) is 6.10 Å². The number of unbranched alkanes of at least 4 members (excludes halogenated alkanes) is 9. The standard InChI is InChI=1S/C35H56O6/c1-4-5-6-7-8-9-10-11-12-13-14-32(38)41-30(33(39)40)23-25-22-26(36)21-24-15-16-27-28-17-18-31(37)34(28,2)20-19-29(27)35(24,25)3/h21,25,27-31,37H,4-20,22-23H2,1-3H3,(H,39,40)/t25?,27-,28-,29-,30?,31-,34-,35+/m0/s1. The quantitative estimate of drug-likeness (QED) is 0.153. The number of carboxylic acids is 1. The topological polar surface area (TPSA) is 101 Å². The maximum absolute atomic E-state index is 12.8. The van der Waals surface area contributed by atoms with Crippen molar-refractivity contribution in [2.75, 3.05) is 0 Å². The highest BCUT2D eigenvalue weighted by molar-refractivity contribution is 5.92. The minimum absolute atomic E-state index is 0.0352. The van der Waals surface area contributed by atoms with Crippen molar-refractivity contribution in [3.05, 3.63) is 11.6 Å². The number of aliphatic hydroxyl groups is 1. The van der Waals surface area contributed by atoms with Gasteiger partial charge in [-0.3, -0.25) is 9.59 Å². The van der Waals surface area contributed by atoms with Crippen LogP contribution in [0.25, 0.3) is 0 Å². The van der Waals surface area contributed by atoms with Crippen LogP contribution in [0.15, 0.2) is 11.6 Å². The van der Waals surface area contributed by atoms with Crippen LogP contribution in [0.2, 0.25) is 0 Å². The number of carbonyl (C=O) groups excluding carboxylic acids is 2. The van der Waals surface area contributed by atoms with E-state index in [1.165, 1.54) is 50.5 Å². The van der Waals surface area contributed by atoms with Crippen LogP contribution in [-0.2, 0) is 19.1 Å². The molecule has 4 aliphatic carbocycles. The number of carboxylic acid groups (broad SMARTS) is 1. The normalized spacial score (nSPS) is 35.2. The molecule has 3 fully saturated rings. The lowest BCUT2D eigenvalue weighted by Crippen LogP contribution is -2.54. The van der Waals surface area contributed by atoms with E-state index in [2.05, 4.69) is 20.8 Å². The van der Waals surface area contributed by atoms with Crippen LogP contribution in [0.5, 0.6) is 0 Å². The minimum Gasteiger partial charge on any atom is -0.479 e. The predicted molar refractivity (Wildman–Crippen MR) is 160 cm³/mol. The third kappa shape index (κ3) is 7.11.